The maximum Gasteiger partial charge on any atom is 0.573 e. The smallest absolute Gasteiger partial charge is 0.497 e. The van der Waals surface area contributed by atoms with E-state index in [-0.39, 0.29) is 36.0 Å². The second-order valence-corrected chi connectivity index (χ2v) is 9.35. The third kappa shape index (κ3) is 6.21. The molecule has 2 aliphatic rings. The summed E-state index contributed by atoms with van der Waals surface area (Å²) in [6.07, 6.45) is -1.82. The van der Waals surface area contributed by atoms with Crippen LogP contribution in [0.2, 0.25) is 0 Å². The first-order valence-electron chi connectivity index (χ1n) is 12.5. The van der Waals surface area contributed by atoms with Crippen molar-refractivity contribution in [2.75, 3.05) is 25.5 Å². The average molecular weight is 532 g/mol. The highest BCUT2D eigenvalue weighted by atomic mass is 19.4. The molecular weight excluding hydrogens is 503 g/mol. The lowest BCUT2D eigenvalue weighted by molar-refractivity contribution is -0.274. The normalized spacial score (nSPS) is 16.4. The SMILES string of the molecule is COc1ccc(NC(=O)N2CCC(OCc3c(-c4ccccc4OC(F)(F)F)noc3C3CC3)CC2)cc1. The van der Waals surface area contributed by atoms with E-state index >= 15 is 0 Å². The number of alkyl halides is 3. The van der Waals surface area contributed by atoms with Crippen molar-refractivity contribution < 1.29 is 36.7 Å². The van der Waals surface area contributed by atoms with Gasteiger partial charge in [-0.3, -0.25) is 0 Å². The summed E-state index contributed by atoms with van der Waals surface area (Å²) in [5.41, 5.74) is 1.81. The van der Waals surface area contributed by atoms with Gasteiger partial charge in [0.05, 0.1) is 19.8 Å². The van der Waals surface area contributed by atoms with Crippen LogP contribution >= 0.6 is 0 Å². The van der Waals surface area contributed by atoms with Crippen molar-refractivity contribution in [2.45, 2.75) is 50.7 Å². The van der Waals surface area contributed by atoms with E-state index in [1.54, 1.807) is 42.3 Å². The number of amides is 2. The zero-order valence-corrected chi connectivity index (χ0v) is 20.8. The summed E-state index contributed by atoms with van der Waals surface area (Å²) in [4.78, 5) is 14.4. The lowest BCUT2D eigenvalue weighted by atomic mass is 10.0. The zero-order valence-electron chi connectivity index (χ0n) is 20.8. The third-order valence-corrected chi connectivity index (χ3v) is 6.67. The number of carbonyl (C=O) groups is 1. The Balaban J connectivity index is 1.22. The number of hydrogen-bond donors (Lipinski definition) is 1. The molecule has 2 heterocycles. The van der Waals surface area contributed by atoms with Gasteiger partial charge in [0, 0.05) is 35.8 Å². The molecule has 0 spiro atoms. The second kappa shape index (κ2) is 10.9. The number of methoxy groups -OCH3 is 1. The van der Waals surface area contributed by atoms with E-state index in [0.717, 1.165) is 12.8 Å². The highest BCUT2D eigenvalue weighted by Crippen LogP contribution is 2.45. The molecule has 8 nitrogen and oxygen atoms in total. The molecule has 1 aromatic heterocycles. The molecule has 38 heavy (non-hydrogen) atoms. The van der Waals surface area contributed by atoms with Gasteiger partial charge in [0.25, 0.3) is 0 Å². The number of likely N-dealkylation sites (tertiary alicyclic amines) is 1. The number of anilines is 1. The van der Waals surface area contributed by atoms with Crippen molar-refractivity contribution in [1.82, 2.24) is 10.1 Å². The Morgan fingerprint density at radius 2 is 1.79 bits per heavy atom. The highest BCUT2D eigenvalue weighted by Gasteiger charge is 2.36. The van der Waals surface area contributed by atoms with E-state index < -0.39 is 6.36 Å². The molecule has 2 aromatic carbocycles. The second-order valence-electron chi connectivity index (χ2n) is 9.35. The fourth-order valence-corrected chi connectivity index (χ4v) is 4.52. The summed E-state index contributed by atoms with van der Waals surface area (Å²) < 4.78 is 60.1. The van der Waals surface area contributed by atoms with E-state index in [0.29, 0.717) is 54.4 Å². The molecule has 0 bridgehead atoms. The summed E-state index contributed by atoms with van der Waals surface area (Å²) in [6.45, 7) is 1.18. The largest absolute Gasteiger partial charge is 0.573 e. The fourth-order valence-electron chi connectivity index (χ4n) is 4.52. The van der Waals surface area contributed by atoms with E-state index in [2.05, 4.69) is 15.2 Å². The lowest BCUT2D eigenvalue weighted by Crippen LogP contribution is -2.43. The van der Waals surface area contributed by atoms with Gasteiger partial charge in [-0.2, -0.15) is 0 Å². The van der Waals surface area contributed by atoms with Crippen LogP contribution in [0.5, 0.6) is 11.5 Å². The highest BCUT2D eigenvalue weighted by molar-refractivity contribution is 5.89. The summed E-state index contributed by atoms with van der Waals surface area (Å²) in [5.74, 6) is 1.21. The van der Waals surface area contributed by atoms with Crippen LogP contribution in [0.4, 0.5) is 23.7 Å². The monoisotopic (exact) mass is 531 g/mol. The van der Waals surface area contributed by atoms with Crippen molar-refractivity contribution >= 4 is 11.7 Å². The molecule has 11 heteroatoms. The number of ether oxygens (including phenoxy) is 3. The maximum absolute atomic E-state index is 13.0. The zero-order chi connectivity index (χ0) is 26.7. The Labute approximate surface area is 217 Å². The van der Waals surface area contributed by atoms with Crippen molar-refractivity contribution in [3.63, 3.8) is 0 Å². The Hall–Kier alpha value is -3.73. The van der Waals surface area contributed by atoms with E-state index in [1.165, 1.54) is 18.2 Å². The Morgan fingerprint density at radius 3 is 2.45 bits per heavy atom. The number of urea groups is 1. The van der Waals surface area contributed by atoms with Crippen molar-refractivity contribution in [1.29, 1.82) is 0 Å². The minimum absolute atomic E-state index is 0.114. The van der Waals surface area contributed by atoms with E-state index in [4.69, 9.17) is 14.0 Å². The molecule has 0 unspecified atom stereocenters. The number of piperidine rings is 1. The molecule has 2 fully saturated rings. The van der Waals surface area contributed by atoms with E-state index in [9.17, 15) is 18.0 Å². The number of carbonyl (C=O) groups excluding carboxylic acids is 1. The van der Waals surface area contributed by atoms with Crippen molar-refractivity contribution in [2.24, 2.45) is 0 Å². The van der Waals surface area contributed by atoms with Gasteiger partial charge in [0.2, 0.25) is 0 Å². The number of aromatic nitrogens is 1. The predicted octanol–water partition coefficient (Wildman–Crippen LogP) is 6.34. The first-order chi connectivity index (χ1) is 18.3. The van der Waals surface area contributed by atoms with Gasteiger partial charge in [-0.05, 0) is 62.1 Å². The quantitative estimate of drug-likeness (QED) is 0.365. The number of rotatable bonds is 8. The lowest BCUT2D eigenvalue weighted by Gasteiger charge is -2.32. The van der Waals surface area contributed by atoms with Crippen LogP contribution in [0, 0.1) is 0 Å². The molecule has 2 amide bonds. The molecule has 1 aliphatic heterocycles. The predicted molar refractivity (Wildman–Crippen MR) is 132 cm³/mol. The molecule has 1 saturated carbocycles. The van der Waals surface area contributed by atoms with Gasteiger partial charge in [-0.1, -0.05) is 17.3 Å². The molecular formula is C27H28F3N3O5. The van der Waals surface area contributed by atoms with Gasteiger partial charge in [0.1, 0.15) is 23.0 Å². The number of hydrogen-bond acceptors (Lipinski definition) is 6. The molecule has 1 saturated heterocycles. The van der Waals surface area contributed by atoms with Crippen molar-refractivity contribution in [3.8, 4) is 22.8 Å². The van der Waals surface area contributed by atoms with Crippen LogP contribution in [0.25, 0.3) is 11.3 Å². The van der Waals surface area contributed by atoms with Crippen LogP contribution < -0.4 is 14.8 Å². The first kappa shape index (κ1) is 25.9. The topological polar surface area (TPSA) is 86.1 Å². The van der Waals surface area contributed by atoms with Gasteiger partial charge < -0.3 is 29.0 Å². The molecule has 0 radical (unpaired) electrons. The Bertz CT molecular complexity index is 1250. The van der Waals surface area contributed by atoms with Gasteiger partial charge >= 0.3 is 12.4 Å². The van der Waals surface area contributed by atoms with Crippen LogP contribution in [0.3, 0.4) is 0 Å². The summed E-state index contributed by atoms with van der Waals surface area (Å²) in [7, 11) is 1.58. The van der Waals surface area contributed by atoms with Gasteiger partial charge in [0.15, 0.2) is 0 Å². The molecule has 1 aliphatic carbocycles. The fraction of sp³-hybridized carbons (Fsp3) is 0.407. The third-order valence-electron chi connectivity index (χ3n) is 6.67. The van der Waals surface area contributed by atoms with Crippen LogP contribution in [0.1, 0.15) is 42.9 Å². The number of nitrogens with one attached hydrogen (secondary N) is 1. The summed E-state index contributed by atoms with van der Waals surface area (Å²) in [6, 6.07) is 12.8. The van der Waals surface area contributed by atoms with Crippen molar-refractivity contribution in [3.05, 3.63) is 59.9 Å². The van der Waals surface area contributed by atoms with E-state index in [1.807, 2.05) is 0 Å². The number of nitrogens with zero attached hydrogens (tertiary/aromatic N) is 2. The molecule has 1 N–H and O–H groups in total. The minimum atomic E-state index is -4.83. The Morgan fingerprint density at radius 1 is 1.08 bits per heavy atom. The van der Waals surface area contributed by atoms with Crippen LogP contribution in [-0.4, -0.2) is 48.8 Å². The van der Waals surface area contributed by atoms with Crippen LogP contribution in [-0.2, 0) is 11.3 Å². The maximum atomic E-state index is 13.0. The summed E-state index contributed by atoms with van der Waals surface area (Å²) in [5, 5.41) is 7.00. The number of para-hydroxylation sites is 1. The molecule has 202 valence electrons. The van der Waals surface area contributed by atoms with Gasteiger partial charge in [-0.25, -0.2) is 4.79 Å². The molecule has 5 rings (SSSR count). The Kier molecular flexibility index (Phi) is 7.46. The minimum Gasteiger partial charge on any atom is -0.497 e. The number of halogens is 3. The first-order valence-corrected chi connectivity index (χ1v) is 12.5. The average Bonchev–Trinajstić information content (AvgIpc) is 3.67. The van der Waals surface area contributed by atoms with Crippen LogP contribution in [0.15, 0.2) is 53.1 Å². The molecule has 3 aromatic rings. The molecule has 0 atom stereocenters. The summed E-state index contributed by atoms with van der Waals surface area (Å²) >= 11 is 0. The standard InChI is InChI=1S/C27H28F3N3O5/c1-35-19-10-8-18(9-11-19)31-26(34)33-14-12-20(13-15-33)36-16-22-24(32-38-25(22)17-6-7-17)21-4-2-3-5-23(21)37-27(28,29)30/h2-5,8-11,17,20H,6-7,12-16H2,1H3,(H,31,34). The van der Waals surface area contributed by atoms with Gasteiger partial charge in [-0.15, -0.1) is 13.2 Å². The number of benzene rings is 2.